The Morgan fingerprint density at radius 2 is 2.18 bits per heavy atom. The standard InChI is InChI=1S/C14H17NOS/c1-3-16-13-7-4-6-12(10-13)15-11(2)14-8-5-9-17-14/h4-11,15H,3H2,1-2H3. The zero-order valence-electron chi connectivity index (χ0n) is 10.1. The Bertz CT molecular complexity index is 453. The van der Waals surface area contributed by atoms with Gasteiger partial charge in [-0.05, 0) is 37.4 Å². The van der Waals surface area contributed by atoms with Crippen molar-refractivity contribution in [3.05, 3.63) is 46.7 Å². The number of nitrogens with one attached hydrogen (secondary N) is 1. The topological polar surface area (TPSA) is 21.3 Å². The molecule has 1 unspecified atom stereocenters. The van der Waals surface area contributed by atoms with Crippen LogP contribution in [0.4, 0.5) is 5.69 Å². The van der Waals surface area contributed by atoms with Crippen LogP contribution in [0, 0.1) is 0 Å². The summed E-state index contributed by atoms with van der Waals surface area (Å²) in [7, 11) is 0. The van der Waals surface area contributed by atoms with Crippen molar-refractivity contribution < 1.29 is 4.74 Å². The van der Waals surface area contributed by atoms with E-state index in [2.05, 4.69) is 35.8 Å². The van der Waals surface area contributed by atoms with Gasteiger partial charge in [-0.2, -0.15) is 0 Å². The average Bonchev–Trinajstić information content (AvgIpc) is 2.83. The second kappa shape index (κ2) is 5.73. The number of ether oxygens (including phenoxy) is 1. The quantitative estimate of drug-likeness (QED) is 0.849. The lowest BCUT2D eigenvalue weighted by Gasteiger charge is -2.14. The molecule has 0 fully saturated rings. The highest BCUT2D eigenvalue weighted by Crippen LogP contribution is 2.25. The van der Waals surface area contributed by atoms with Gasteiger partial charge in [-0.25, -0.2) is 0 Å². The van der Waals surface area contributed by atoms with Crippen molar-refractivity contribution in [2.75, 3.05) is 11.9 Å². The molecule has 0 amide bonds. The molecule has 0 radical (unpaired) electrons. The monoisotopic (exact) mass is 247 g/mol. The summed E-state index contributed by atoms with van der Waals surface area (Å²) < 4.78 is 5.48. The minimum Gasteiger partial charge on any atom is -0.494 e. The molecule has 1 atom stereocenters. The molecule has 0 saturated carbocycles. The molecule has 2 aromatic rings. The van der Waals surface area contributed by atoms with Gasteiger partial charge in [-0.15, -0.1) is 11.3 Å². The molecule has 3 heteroatoms. The van der Waals surface area contributed by atoms with E-state index in [-0.39, 0.29) is 0 Å². The second-order valence-electron chi connectivity index (χ2n) is 3.84. The van der Waals surface area contributed by atoms with Crippen molar-refractivity contribution in [3.8, 4) is 5.75 Å². The van der Waals surface area contributed by atoms with Crippen LogP contribution in [0.1, 0.15) is 24.8 Å². The van der Waals surface area contributed by atoms with Crippen LogP contribution in [0.25, 0.3) is 0 Å². The number of rotatable bonds is 5. The SMILES string of the molecule is CCOc1cccc(NC(C)c2cccs2)c1. The van der Waals surface area contributed by atoms with E-state index >= 15 is 0 Å². The largest absolute Gasteiger partial charge is 0.494 e. The van der Waals surface area contributed by atoms with Gasteiger partial charge in [0.1, 0.15) is 5.75 Å². The van der Waals surface area contributed by atoms with Crippen LogP contribution in [0.3, 0.4) is 0 Å². The molecule has 1 aromatic carbocycles. The third kappa shape index (κ3) is 3.24. The fraction of sp³-hybridized carbons (Fsp3) is 0.286. The van der Waals surface area contributed by atoms with Crippen LogP contribution in [-0.2, 0) is 0 Å². The summed E-state index contributed by atoms with van der Waals surface area (Å²) in [5.41, 5.74) is 1.09. The molecular weight excluding hydrogens is 230 g/mol. The van der Waals surface area contributed by atoms with Gasteiger partial charge in [0.25, 0.3) is 0 Å². The normalized spacial score (nSPS) is 12.1. The summed E-state index contributed by atoms with van der Waals surface area (Å²) in [5, 5.41) is 5.57. The second-order valence-corrected chi connectivity index (χ2v) is 4.82. The van der Waals surface area contributed by atoms with Crippen molar-refractivity contribution in [3.63, 3.8) is 0 Å². The van der Waals surface area contributed by atoms with Crippen molar-refractivity contribution in [1.29, 1.82) is 0 Å². The lowest BCUT2D eigenvalue weighted by atomic mass is 10.2. The third-order valence-corrected chi connectivity index (χ3v) is 3.55. The van der Waals surface area contributed by atoms with Crippen LogP contribution < -0.4 is 10.1 Å². The Morgan fingerprint density at radius 3 is 2.88 bits per heavy atom. The van der Waals surface area contributed by atoms with E-state index in [0.29, 0.717) is 12.6 Å². The molecule has 0 spiro atoms. The molecular formula is C14H17NOS. The molecule has 90 valence electrons. The summed E-state index contributed by atoms with van der Waals surface area (Å²) in [5.74, 6) is 0.913. The number of benzene rings is 1. The van der Waals surface area contributed by atoms with E-state index in [4.69, 9.17) is 4.74 Å². The highest BCUT2D eigenvalue weighted by Gasteiger charge is 2.06. The molecule has 0 aliphatic rings. The van der Waals surface area contributed by atoms with Crippen molar-refractivity contribution >= 4 is 17.0 Å². The fourth-order valence-electron chi connectivity index (χ4n) is 1.70. The van der Waals surface area contributed by atoms with Gasteiger partial charge < -0.3 is 10.1 Å². The maximum absolute atomic E-state index is 5.48. The summed E-state index contributed by atoms with van der Waals surface area (Å²) in [6.45, 7) is 4.86. The number of thiophene rings is 1. The van der Waals surface area contributed by atoms with E-state index in [1.807, 2.05) is 25.1 Å². The first kappa shape index (κ1) is 12.0. The molecule has 0 aliphatic carbocycles. The Morgan fingerprint density at radius 1 is 1.29 bits per heavy atom. The van der Waals surface area contributed by atoms with Gasteiger partial charge in [0.15, 0.2) is 0 Å². The molecule has 0 bridgehead atoms. The van der Waals surface area contributed by atoms with Crippen LogP contribution in [-0.4, -0.2) is 6.61 Å². The van der Waals surface area contributed by atoms with Gasteiger partial charge in [0.2, 0.25) is 0 Å². The van der Waals surface area contributed by atoms with E-state index < -0.39 is 0 Å². The number of hydrogen-bond acceptors (Lipinski definition) is 3. The summed E-state index contributed by atoms with van der Waals surface area (Å²) in [6, 6.07) is 12.6. The van der Waals surface area contributed by atoms with Gasteiger partial charge >= 0.3 is 0 Å². The Hall–Kier alpha value is -1.48. The first-order valence-corrected chi connectivity index (χ1v) is 6.70. The number of anilines is 1. The van der Waals surface area contributed by atoms with Crippen molar-refractivity contribution in [2.24, 2.45) is 0 Å². The molecule has 1 N–H and O–H groups in total. The highest BCUT2D eigenvalue weighted by molar-refractivity contribution is 7.10. The first-order valence-electron chi connectivity index (χ1n) is 5.82. The van der Waals surface area contributed by atoms with E-state index in [1.165, 1.54) is 4.88 Å². The first-order chi connectivity index (χ1) is 8.29. The zero-order chi connectivity index (χ0) is 12.1. The molecule has 0 aliphatic heterocycles. The summed E-state index contributed by atoms with van der Waals surface area (Å²) >= 11 is 1.77. The Kier molecular flexibility index (Phi) is 4.04. The van der Waals surface area contributed by atoms with Crippen molar-refractivity contribution in [1.82, 2.24) is 0 Å². The van der Waals surface area contributed by atoms with E-state index in [0.717, 1.165) is 11.4 Å². The van der Waals surface area contributed by atoms with Gasteiger partial charge in [-0.1, -0.05) is 12.1 Å². The molecule has 0 saturated heterocycles. The van der Waals surface area contributed by atoms with E-state index in [1.54, 1.807) is 11.3 Å². The van der Waals surface area contributed by atoms with Crippen LogP contribution in [0.5, 0.6) is 5.75 Å². The van der Waals surface area contributed by atoms with Crippen LogP contribution in [0.15, 0.2) is 41.8 Å². The number of hydrogen-bond donors (Lipinski definition) is 1. The molecule has 1 aromatic heterocycles. The van der Waals surface area contributed by atoms with Crippen LogP contribution >= 0.6 is 11.3 Å². The predicted octanol–water partition coefficient (Wildman–Crippen LogP) is 4.32. The average molecular weight is 247 g/mol. The Labute approximate surface area is 106 Å². The third-order valence-electron chi connectivity index (χ3n) is 2.50. The Balaban J connectivity index is 2.05. The minimum absolute atomic E-state index is 0.326. The predicted molar refractivity (Wildman–Crippen MR) is 74.0 cm³/mol. The van der Waals surface area contributed by atoms with Gasteiger partial charge in [0, 0.05) is 16.6 Å². The lowest BCUT2D eigenvalue weighted by Crippen LogP contribution is -2.04. The maximum atomic E-state index is 5.48. The van der Waals surface area contributed by atoms with Gasteiger partial charge in [-0.3, -0.25) is 0 Å². The molecule has 1 heterocycles. The summed E-state index contributed by atoms with van der Waals surface area (Å²) in [4.78, 5) is 1.34. The zero-order valence-corrected chi connectivity index (χ0v) is 11.0. The minimum atomic E-state index is 0.326. The smallest absolute Gasteiger partial charge is 0.121 e. The maximum Gasteiger partial charge on any atom is 0.121 e. The molecule has 17 heavy (non-hydrogen) atoms. The fourth-order valence-corrected chi connectivity index (χ4v) is 2.44. The molecule has 2 nitrogen and oxygen atoms in total. The molecule has 2 rings (SSSR count). The van der Waals surface area contributed by atoms with E-state index in [9.17, 15) is 0 Å². The lowest BCUT2D eigenvalue weighted by molar-refractivity contribution is 0.340. The highest BCUT2D eigenvalue weighted by atomic mass is 32.1. The van der Waals surface area contributed by atoms with Crippen molar-refractivity contribution in [2.45, 2.75) is 19.9 Å². The van der Waals surface area contributed by atoms with Gasteiger partial charge in [0.05, 0.1) is 12.6 Å². The summed E-state index contributed by atoms with van der Waals surface area (Å²) in [6.07, 6.45) is 0. The van der Waals surface area contributed by atoms with Crippen LogP contribution in [0.2, 0.25) is 0 Å².